The molecular formula is C26H41N3O3S. The Hall–Kier alpha value is -1.21. The van der Waals surface area contributed by atoms with Gasteiger partial charge in [-0.15, -0.1) is 11.8 Å². The van der Waals surface area contributed by atoms with Gasteiger partial charge in [0, 0.05) is 17.3 Å². The lowest BCUT2D eigenvalue weighted by atomic mass is 9.66. The fourth-order valence-corrected chi connectivity index (χ4v) is 7.95. The van der Waals surface area contributed by atoms with Crippen LogP contribution in [-0.4, -0.2) is 41.5 Å². The van der Waals surface area contributed by atoms with Crippen molar-refractivity contribution < 1.29 is 14.1 Å². The van der Waals surface area contributed by atoms with E-state index in [-0.39, 0.29) is 11.9 Å². The highest BCUT2D eigenvalue weighted by molar-refractivity contribution is 8.00. The molecule has 3 saturated carbocycles. The summed E-state index contributed by atoms with van der Waals surface area (Å²) in [5, 5.41) is 11.5. The summed E-state index contributed by atoms with van der Waals surface area (Å²) in [5.41, 5.74) is 0. The number of nitrogens with one attached hydrogen (secondary N) is 2. The van der Waals surface area contributed by atoms with E-state index in [0.29, 0.717) is 35.5 Å². The Morgan fingerprint density at radius 3 is 2.61 bits per heavy atom. The molecule has 4 atom stereocenters. The Bertz CT molecular complexity index is 776. The van der Waals surface area contributed by atoms with Gasteiger partial charge in [0.25, 0.3) is 11.8 Å². The normalized spacial score (nSPS) is 31.3. The number of carbonyl (C=O) groups is 1. The zero-order chi connectivity index (χ0) is 22.6. The molecule has 3 aliphatic carbocycles. The molecule has 5 rings (SSSR count). The molecule has 1 aliphatic heterocycles. The summed E-state index contributed by atoms with van der Waals surface area (Å²) in [4.78, 5) is 14.2. The minimum absolute atomic E-state index is 0.127. The molecule has 2 N–H and O–H groups in total. The Kier molecular flexibility index (Phi) is 7.86. The van der Waals surface area contributed by atoms with Gasteiger partial charge in [0.2, 0.25) is 5.76 Å². The quantitative estimate of drug-likeness (QED) is 0.512. The van der Waals surface area contributed by atoms with Gasteiger partial charge in [-0.3, -0.25) is 4.79 Å². The maximum absolute atomic E-state index is 13.4. The van der Waals surface area contributed by atoms with Gasteiger partial charge in [-0.2, -0.15) is 0 Å². The Morgan fingerprint density at radius 1 is 1.09 bits per heavy atom. The summed E-state index contributed by atoms with van der Waals surface area (Å²) < 4.78 is 11.7. The van der Waals surface area contributed by atoms with Crippen molar-refractivity contribution in [1.82, 2.24) is 15.8 Å². The minimum Gasteiger partial charge on any atom is -0.473 e. The zero-order valence-electron chi connectivity index (χ0n) is 20.2. The summed E-state index contributed by atoms with van der Waals surface area (Å²) in [6.07, 6.45) is 16.5. The second-order valence-electron chi connectivity index (χ2n) is 11.0. The molecule has 0 spiro atoms. The number of amides is 1. The Morgan fingerprint density at radius 2 is 1.88 bits per heavy atom. The molecule has 1 aromatic heterocycles. The number of hydrogen-bond donors (Lipinski definition) is 2. The van der Waals surface area contributed by atoms with E-state index in [4.69, 9.17) is 9.26 Å². The van der Waals surface area contributed by atoms with Crippen molar-refractivity contribution in [1.29, 1.82) is 0 Å². The van der Waals surface area contributed by atoms with Crippen molar-refractivity contribution in [3.05, 3.63) is 5.76 Å². The van der Waals surface area contributed by atoms with Gasteiger partial charge in [-0.25, -0.2) is 0 Å². The zero-order valence-corrected chi connectivity index (χ0v) is 21.0. The summed E-state index contributed by atoms with van der Waals surface area (Å²) in [6, 6.07) is 0.517. The van der Waals surface area contributed by atoms with Gasteiger partial charge >= 0.3 is 0 Å². The van der Waals surface area contributed by atoms with Crippen LogP contribution in [0.15, 0.2) is 9.42 Å². The number of thioether (sulfide) groups is 1. The van der Waals surface area contributed by atoms with E-state index in [9.17, 15) is 4.79 Å². The minimum atomic E-state index is -0.127. The van der Waals surface area contributed by atoms with E-state index in [1.165, 1.54) is 77.0 Å². The number of rotatable bonds is 8. The molecule has 0 radical (unpaired) electrons. The molecule has 184 valence electrons. The largest absolute Gasteiger partial charge is 0.473 e. The maximum Gasteiger partial charge on any atom is 0.291 e. The number of carbonyl (C=O) groups excluding carboxylic acids is 1. The Labute approximate surface area is 202 Å². The third-order valence-corrected chi connectivity index (χ3v) is 9.88. The molecule has 6 nitrogen and oxygen atoms in total. The van der Waals surface area contributed by atoms with Crippen LogP contribution in [0.1, 0.15) is 101 Å². The lowest BCUT2D eigenvalue weighted by molar-refractivity contribution is 0.0818. The standard InChI is InChI=1S/C26H41N3O3S/c1-17(20-14-18-7-5-8-19(13-18)15-20)28-25(30)23-24(33-22-10-3-2-4-11-22)26(29-32-23)31-16-21-9-6-12-27-21/h17-22,27H,2-16H2,1H3,(H,28,30)/t17?,18?,19?,20?,21-/m0/s1. The number of nitrogens with zero attached hydrogens (tertiary/aromatic N) is 1. The predicted molar refractivity (Wildman–Crippen MR) is 131 cm³/mol. The van der Waals surface area contributed by atoms with Crippen LogP contribution in [0.4, 0.5) is 0 Å². The van der Waals surface area contributed by atoms with Crippen LogP contribution in [0.3, 0.4) is 0 Å². The van der Waals surface area contributed by atoms with Crippen LogP contribution in [-0.2, 0) is 0 Å². The average molecular weight is 476 g/mol. The number of aromatic nitrogens is 1. The third-order valence-electron chi connectivity index (χ3n) is 8.48. The van der Waals surface area contributed by atoms with Crippen LogP contribution in [0, 0.1) is 17.8 Å². The highest BCUT2D eigenvalue weighted by Crippen LogP contribution is 2.44. The average Bonchev–Trinajstić information content (AvgIpc) is 3.48. The molecule has 33 heavy (non-hydrogen) atoms. The van der Waals surface area contributed by atoms with Crippen molar-refractivity contribution in [2.75, 3.05) is 13.2 Å². The first-order chi connectivity index (χ1) is 16.2. The van der Waals surface area contributed by atoms with E-state index in [1.54, 1.807) is 11.8 Å². The monoisotopic (exact) mass is 475 g/mol. The van der Waals surface area contributed by atoms with Crippen LogP contribution in [0.5, 0.6) is 5.88 Å². The summed E-state index contributed by atoms with van der Waals surface area (Å²) in [7, 11) is 0. The van der Waals surface area contributed by atoms with Gasteiger partial charge in [0.05, 0.1) is 0 Å². The van der Waals surface area contributed by atoms with Crippen molar-refractivity contribution in [2.45, 2.75) is 113 Å². The summed E-state index contributed by atoms with van der Waals surface area (Å²) >= 11 is 1.75. The lowest BCUT2D eigenvalue weighted by Gasteiger charge is -2.41. The van der Waals surface area contributed by atoms with E-state index in [1.807, 2.05) is 0 Å². The molecule has 1 aromatic rings. The van der Waals surface area contributed by atoms with Gasteiger partial charge in [0.15, 0.2) is 0 Å². The topological polar surface area (TPSA) is 76.4 Å². The van der Waals surface area contributed by atoms with Crippen molar-refractivity contribution in [3.8, 4) is 5.88 Å². The number of ether oxygens (including phenoxy) is 1. The van der Waals surface area contributed by atoms with Gasteiger partial charge in [0.1, 0.15) is 11.5 Å². The maximum atomic E-state index is 13.4. The van der Waals surface area contributed by atoms with Crippen molar-refractivity contribution >= 4 is 17.7 Å². The summed E-state index contributed by atoms with van der Waals surface area (Å²) in [6.45, 7) is 3.80. The van der Waals surface area contributed by atoms with Crippen molar-refractivity contribution in [3.63, 3.8) is 0 Å². The molecule has 1 saturated heterocycles. The van der Waals surface area contributed by atoms with Crippen LogP contribution < -0.4 is 15.4 Å². The highest BCUT2D eigenvalue weighted by atomic mass is 32.2. The smallest absolute Gasteiger partial charge is 0.291 e. The molecule has 7 heteroatoms. The lowest BCUT2D eigenvalue weighted by Crippen LogP contribution is -2.42. The SMILES string of the molecule is CC(NC(=O)c1onc(OC[C@@H]2CCCN2)c1SC1CCCCC1)C1CC2CCCC(C2)C1. The van der Waals surface area contributed by atoms with Crippen LogP contribution in [0.2, 0.25) is 0 Å². The molecular weight excluding hydrogens is 434 g/mol. The fourth-order valence-electron chi connectivity index (χ4n) is 6.62. The molecule has 3 unspecified atom stereocenters. The third kappa shape index (κ3) is 5.90. The van der Waals surface area contributed by atoms with E-state index in [0.717, 1.165) is 29.7 Å². The second kappa shape index (κ2) is 11.0. The molecule has 4 aliphatic rings. The highest BCUT2D eigenvalue weighted by Gasteiger charge is 2.36. The number of fused-ring (bicyclic) bond motifs is 2. The summed E-state index contributed by atoms with van der Waals surface area (Å²) in [5.74, 6) is 3.01. The Balaban J connectivity index is 1.26. The predicted octanol–water partition coefficient (Wildman–Crippen LogP) is 5.56. The fraction of sp³-hybridized carbons (Fsp3) is 0.846. The van der Waals surface area contributed by atoms with E-state index < -0.39 is 0 Å². The molecule has 2 heterocycles. The first kappa shape index (κ1) is 23.5. The molecule has 0 aromatic carbocycles. The van der Waals surface area contributed by atoms with Crippen LogP contribution in [0.25, 0.3) is 0 Å². The van der Waals surface area contributed by atoms with Crippen LogP contribution >= 0.6 is 11.8 Å². The van der Waals surface area contributed by atoms with Gasteiger partial charge < -0.3 is 19.9 Å². The van der Waals surface area contributed by atoms with E-state index in [2.05, 4.69) is 22.7 Å². The first-order valence-corrected chi connectivity index (χ1v) is 14.4. The van der Waals surface area contributed by atoms with Crippen molar-refractivity contribution in [2.24, 2.45) is 17.8 Å². The molecule has 4 fully saturated rings. The second-order valence-corrected chi connectivity index (χ2v) is 12.3. The van der Waals surface area contributed by atoms with Gasteiger partial charge in [-0.05, 0) is 81.3 Å². The molecule has 2 bridgehead atoms. The number of hydrogen-bond acceptors (Lipinski definition) is 6. The van der Waals surface area contributed by atoms with E-state index >= 15 is 0 Å². The molecule has 1 amide bonds. The van der Waals surface area contributed by atoms with Gasteiger partial charge in [-0.1, -0.05) is 38.5 Å². The first-order valence-electron chi connectivity index (χ1n) is 13.5.